The summed E-state index contributed by atoms with van der Waals surface area (Å²) in [7, 11) is 1.71. The van der Waals surface area contributed by atoms with Gasteiger partial charge in [0.25, 0.3) is 5.91 Å². The minimum Gasteiger partial charge on any atom is -0.483 e. The van der Waals surface area contributed by atoms with Crippen molar-refractivity contribution < 1.29 is 9.53 Å². The Morgan fingerprint density at radius 3 is 2.74 bits per heavy atom. The number of carbonyl (C=O) groups is 1. The molecule has 0 atom stereocenters. The average Bonchev–Trinajstić information content (AvgIpc) is 3.20. The van der Waals surface area contributed by atoms with E-state index in [0.717, 1.165) is 5.56 Å². The minimum atomic E-state index is -0.350. The Kier molecular flexibility index (Phi) is 5.98. The topological polar surface area (TPSA) is 91.0 Å². The molecule has 1 aromatic carbocycles. The van der Waals surface area contributed by atoms with E-state index in [1.807, 2.05) is 30.3 Å². The van der Waals surface area contributed by atoms with Crippen molar-refractivity contribution in [1.29, 1.82) is 0 Å². The number of ether oxygens (including phenoxy) is 1. The number of pyridine rings is 1. The molecule has 140 valence electrons. The van der Waals surface area contributed by atoms with E-state index in [4.69, 9.17) is 4.74 Å². The Labute approximate surface area is 156 Å². The molecule has 3 rings (SSSR count). The zero-order valence-electron chi connectivity index (χ0n) is 15.0. The standard InChI is InChI=1S/C19H21N5O3/c1-23-12-8-16(25)18(27-14-15-6-3-2-4-7-15)17(23)19(26)20-9-5-11-24-13-10-21-22-24/h2-4,6-8,10,12-13H,5,9,11,14H2,1H3,(H,20,26). The molecule has 0 bridgehead atoms. The van der Waals surface area contributed by atoms with E-state index in [1.165, 1.54) is 6.07 Å². The van der Waals surface area contributed by atoms with Crippen LogP contribution < -0.4 is 15.5 Å². The van der Waals surface area contributed by atoms with Crippen LogP contribution in [-0.4, -0.2) is 32.0 Å². The monoisotopic (exact) mass is 367 g/mol. The van der Waals surface area contributed by atoms with Crippen molar-refractivity contribution in [2.45, 2.75) is 19.6 Å². The van der Waals surface area contributed by atoms with E-state index < -0.39 is 0 Å². The van der Waals surface area contributed by atoms with Crippen LogP contribution in [0, 0.1) is 0 Å². The van der Waals surface area contributed by atoms with Gasteiger partial charge in [0, 0.05) is 38.6 Å². The summed E-state index contributed by atoms with van der Waals surface area (Å²) in [4.78, 5) is 24.9. The van der Waals surface area contributed by atoms with Gasteiger partial charge in [-0.2, -0.15) is 0 Å². The average molecular weight is 367 g/mol. The molecular weight excluding hydrogens is 346 g/mol. The summed E-state index contributed by atoms with van der Waals surface area (Å²) >= 11 is 0. The first-order valence-corrected chi connectivity index (χ1v) is 8.64. The van der Waals surface area contributed by atoms with E-state index in [9.17, 15) is 9.59 Å². The second kappa shape index (κ2) is 8.79. The van der Waals surface area contributed by atoms with Crippen LogP contribution in [0.1, 0.15) is 22.5 Å². The normalized spacial score (nSPS) is 10.6. The minimum absolute atomic E-state index is 0.0534. The lowest BCUT2D eigenvalue weighted by molar-refractivity contribution is 0.0938. The lowest BCUT2D eigenvalue weighted by Crippen LogP contribution is -2.30. The first kappa shape index (κ1) is 18.4. The van der Waals surface area contributed by atoms with Gasteiger partial charge in [-0.05, 0) is 12.0 Å². The van der Waals surface area contributed by atoms with E-state index in [-0.39, 0.29) is 29.4 Å². The summed E-state index contributed by atoms with van der Waals surface area (Å²) in [6.07, 6.45) is 5.62. The van der Waals surface area contributed by atoms with Crippen LogP contribution >= 0.6 is 0 Å². The van der Waals surface area contributed by atoms with Crippen LogP contribution in [-0.2, 0) is 20.2 Å². The lowest BCUT2D eigenvalue weighted by atomic mass is 10.2. The Morgan fingerprint density at radius 1 is 1.19 bits per heavy atom. The van der Waals surface area contributed by atoms with Crippen molar-refractivity contribution in [3.05, 3.63) is 76.5 Å². The van der Waals surface area contributed by atoms with Gasteiger partial charge < -0.3 is 14.6 Å². The number of amides is 1. The number of aryl methyl sites for hydroxylation is 2. The van der Waals surface area contributed by atoms with Crippen molar-refractivity contribution in [2.24, 2.45) is 7.05 Å². The molecule has 1 N–H and O–H groups in total. The van der Waals surface area contributed by atoms with Crippen molar-refractivity contribution in [3.63, 3.8) is 0 Å². The number of benzene rings is 1. The van der Waals surface area contributed by atoms with Crippen LogP contribution in [0.2, 0.25) is 0 Å². The SMILES string of the molecule is Cn1ccc(=O)c(OCc2ccccc2)c1C(=O)NCCCn1ccnn1. The van der Waals surface area contributed by atoms with Gasteiger partial charge in [0.05, 0.1) is 6.20 Å². The summed E-state index contributed by atoms with van der Waals surface area (Å²) in [5, 5.41) is 10.4. The zero-order chi connectivity index (χ0) is 19.1. The van der Waals surface area contributed by atoms with Gasteiger partial charge in [-0.15, -0.1) is 5.10 Å². The molecule has 0 saturated carbocycles. The molecule has 8 nitrogen and oxygen atoms in total. The molecule has 2 aromatic heterocycles. The highest BCUT2D eigenvalue weighted by Gasteiger charge is 2.18. The van der Waals surface area contributed by atoms with E-state index in [2.05, 4.69) is 15.6 Å². The van der Waals surface area contributed by atoms with Crippen LogP contribution in [0.15, 0.2) is 59.8 Å². The molecule has 0 aliphatic carbocycles. The highest BCUT2D eigenvalue weighted by atomic mass is 16.5. The summed E-state index contributed by atoms with van der Waals surface area (Å²) in [5.74, 6) is -0.297. The number of hydrogen-bond donors (Lipinski definition) is 1. The van der Waals surface area contributed by atoms with E-state index in [0.29, 0.717) is 19.5 Å². The van der Waals surface area contributed by atoms with E-state index in [1.54, 1.807) is 34.9 Å². The Bertz CT molecular complexity index is 936. The van der Waals surface area contributed by atoms with Crippen LogP contribution in [0.4, 0.5) is 0 Å². The molecule has 27 heavy (non-hydrogen) atoms. The maximum absolute atomic E-state index is 12.6. The third-order valence-corrected chi connectivity index (χ3v) is 4.00. The molecule has 0 aliphatic heterocycles. The molecule has 2 heterocycles. The maximum atomic E-state index is 12.6. The van der Waals surface area contributed by atoms with Crippen LogP contribution in [0.25, 0.3) is 0 Å². The molecule has 0 spiro atoms. The van der Waals surface area contributed by atoms with Crippen LogP contribution in [0.3, 0.4) is 0 Å². The van der Waals surface area contributed by atoms with Gasteiger partial charge in [-0.1, -0.05) is 35.5 Å². The van der Waals surface area contributed by atoms with Gasteiger partial charge >= 0.3 is 0 Å². The molecule has 8 heteroatoms. The van der Waals surface area contributed by atoms with Gasteiger partial charge in [-0.3, -0.25) is 14.3 Å². The van der Waals surface area contributed by atoms with E-state index >= 15 is 0 Å². The van der Waals surface area contributed by atoms with Crippen molar-refractivity contribution in [3.8, 4) is 5.75 Å². The number of carbonyl (C=O) groups excluding carboxylic acids is 1. The Balaban J connectivity index is 1.66. The van der Waals surface area contributed by atoms with Crippen molar-refractivity contribution in [1.82, 2.24) is 24.9 Å². The fourth-order valence-corrected chi connectivity index (χ4v) is 2.62. The second-order valence-electron chi connectivity index (χ2n) is 6.02. The number of rotatable bonds is 8. The fraction of sp³-hybridized carbons (Fsp3) is 0.263. The third-order valence-electron chi connectivity index (χ3n) is 4.00. The van der Waals surface area contributed by atoms with Crippen molar-refractivity contribution in [2.75, 3.05) is 6.54 Å². The predicted octanol–water partition coefficient (Wildman–Crippen LogP) is 1.38. The summed E-state index contributed by atoms with van der Waals surface area (Å²) < 4.78 is 8.99. The zero-order valence-corrected chi connectivity index (χ0v) is 15.0. The number of nitrogens with zero attached hydrogens (tertiary/aromatic N) is 4. The summed E-state index contributed by atoms with van der Waals surface area (Å²) in [6.45, 7) is 1.30. The summed E-state index contributed by atoms with van der Waals surface area (Å²) in [5.41, 5.74) is 0.804. The number of hydrogen-bond acceptors (Lipinski definition) is 5. The highest BCUT2D eigenvalue weighted by Crippen LogP contribution is 2.14. The second-order valence-corrected chi connectivity index (χ2v) is 6.02. The van der Waals surface area contributed by atoms with Gasteiger partial charge in [0.2, 0.25) is 5.43 Å². The maximum Gasteiger partial charge on any atom is 0.271 e. The highest BCUT2D eigenvalue weighted by molar-refractivity contribution is 5.95. The Hall–Kier alpha value is -3.42. The smallest absolute Gasteiger partial charge is 0.271 e. The molecule has 0 saturated heterocycles. The van der Waals surface area contributed by atoms with Crippen molar-refractivity contribution >= 4 is 5.91 Å². The largest absolute Gasteiger partial charge is 0.483 e. The first-order valence-electron chi connectivity index (χ1n) is 8.64. The third kappa shape index (κ3) is 4.81. The summed E-state index contributed by atoms with van der Waals surface area (Å²) in [6, 6.07) is 10.9. The van der Waals surface area contributed by atoms with Gasteiger partial charge in [0.1, 0.15) is 6.61 Å². The molecule has 0 aliphatic rings. The molecular formula is C19H21N5O3. The number of aromatic nitrogens is 4. The first-order chi connectivity index (χ1) is 13.1. The van der Waals surface area contributed by atoms with Gasteiger partial charge in [-0.25, -0.2) is 0 Å². The predicted molar refractivity (Wildman–Crippen MR) is 99.4 cm³/mol. The fourth-order valence-electron chi connectivity index (χ4n) is 2.62. The number of nitrogens with one attached hydrogen (secondary N) is 1. The lowest BCUT2D eigenvalue weighted by Gasteiger charge is -2.14. The van der Waals surface area contributed by atoms with Gasteiger partial charge in [0.15, 0.2) is 11.4 Å². The molecule has 3 aromatic rings. The van der Waals surface area contributed by atoms with Crippen LogP contribution in [0.5, 0.6) is 5.75 Å². The molecule has 0 fully saturated rings. The molecule has 0 unspecified atom stereocenters. The quantitative estimate of drug-likeness (QED) is 0.607. The molecule has 0 radical (unpaired) electrons. The molecule has 1 amide bonds. The Morgan fingerprint density at radius 2 is 2.00 bits per heavy atom.